The molecule has 53 heavy (non-hydrogen) atoms. The summed E-state index contributed by atoms with van der Waals surface area (Å²) in [5, 5.41) is 4.29. The number of benzene rings is 2. The van der Waals surface area contributed by atoms with Crippen LogP contribution in [0.4, 0.5) is 22.9 Å². The summed E-state index contributed by atoms with van der Waals surface area (Å²) in [6, 6.07) is 18.2. The lowest BCUT2D eigenvalue weighted by molar-refractivity contribution is -0.122. The van der Waals surface area contributed by atoms with Crippen LogP contribution in [0.2, 0.25) is 10.0 Å². The number of anilines is 4. The van der Waals surface area contributed by atoms with Gasteiger partial charge in [-0.3, -0.25) is 24.3 Å². The molecule has 1 aliphatic rings. The number of nitrogens with one attached hydrogen (secondary N) is 1. The summed E-state index contributed by atoms with van der Waals surface area (Å²) in [5.41, 5.74) is 5.03. The average Bonchev–Trinajstić information content (AvgIpc) is 3.17. The van der Waals surface area contributed by atoms with Crippen LogP contribution in [0.1, 0.15) is 43.0 Å². The molecule has 0 spiro atoms. The smallest absolute Gasteiger partial charge is 0.246 e. The number of hydrogen-bond acceptors (Lipinski definition) is 8. The summed E-state index contributed by atoms with van der Waals surface area (Å²) in [4.78, 5) is 56.5. The van der Waals surface area contributed by atoms with Crippen LogP contribution in [-0.2, 0) is 21.0 Å². The summed E-state index contributed by atoms with van der Waals surface area (Å²) in [6.07, 6.45) is 11.2. The molecule has 0 saturated carbocycles. The highest BCUT2D eigenvalue weighted by Crippen LogP contribution is 2.37. The molecule has 3 amide bonds. The van der Waals surface area contributed by atoms with E-state index in [0.717, 1.165) is 35.4 Å². The third-order valence-corrected chi connectivity index (χ3v) is 9.73. The fourth-order valence-electron chi connectivity index (χ4n) is 6.21. The predicted octanol–water partition coefficient (Wildman–Crippen LogP) is 7.69. The third kappa shape index (κ3) is 8.76. The molecule has 272 valence electrons. The number of carbonyl (C=O) groups is 3. The molecule has 0 bridgehead atoms. The van der Waals surface area contributed by atoms with Crippen LogP contribution in [-0.4, -0.2) is 59.4 Å². The minimum atomic E-state index is -0.475. The lowest BCUT2D eigenvalue weighted by Gasteiger charge is -2.30. The van der Waals surface area contributed by atoms with Crippen LogP contribution < -0.4 is 24.8 Å². The van der Waals surface area contributed by atoms with Gasteiger partial charge in [0.05, 0.1) is 22.9 Å². The molecule has 1 aliphatic heterocycles. The first-order valence-electron chi connectivity index (χ1n) is 17.2. The standard InChI is InChI=1S/C40H39Cl2N7O4/c1-26-22-34(48-20-5-4-6-21-48)30-8-7-9-35(40(30)46-26)53-25-31-32(41)12-13-33(39(31)42)47(3)38(52)24-45-37(51)15-11-28-10-14-36(44-23-28)49(27(2)50)29-16-18-43-19-17-29/h7-19,22-23H,4-6,20-21,24-25H2,1-3H3,(H,45,51). The van der Waals surface area contributed by atoms with Gasteiger partial charge >= 0.3 is 0 Å². The van der Waals surface area contributed by atoms with Crippen LogP contribution in [0.3, 0.4) is 0 Å². The first kappa shape index (κ1) is 37.2. The van der Waals surface area contributed by atoms with Crippen molar-refractivity contribution in [2.45, 2.75) is 39.7 Å². The Morgan fingerprint density at radius 3 is 2.49 bits per heavy atom. The number of rotatable bonds is 11. The Bertz CT molecular complexity index is 2160. The van der Waals surface area contributed by atoms with Crippen molar-refractivity contribution in [1.82, 2.24) is 20.3 Å². The topological polar surface area (TPSA) is 121 Å². The van der Waals surface area contributed by atoms with Gasteiger partial charge in [-0.2, -0.15) is 0 Å². The first-order valence-corrected chi connectivity index (χ1v) is 18.0. The minimum absolute atomic E-state index is 0.0508. The minimum Gasteiger partial charge on any atom is -0.487 e. The molecular formula is C40H39Cl2N7O4. The molecule has 11 nitrogen and oxygen atoms in total. The van der Waals surface area contributed by atoms with E-state index in [4.69, 9.17) is 32.9 Å². The normalized spacial score (nSPS) is 12.9. The fourth-order valence-corrected chi connectivity index (χ4v) is 6.82. The molecule has 4 heterocycles. The van der Waals surface area contributed by atoms with Gasteiger partial charge in [0.15, 0.2) is 0 Å². The maximum absolute atomic E-state index is 13.2. The van der Waals surface area contributed by atoms with Gasteiger partial charge in [-0.1, -0.05) is 35.3 Å². The number of piperidine rings is 1. The molecule has 0 radical (unpaired) electrons. The van der Waals surface area contributed by atoms with Crippen molar-refractivity contribution in [3.05, 3.63) is 112 Å². The Balaban J connectivity index is 1.08. The quantitative estimate of drug-likeness (QED) is 0.137. The van der Waals surface area contributed by atoms with Gasteiger partial charge in [0.2, 0.25) is 17.7 Å². The molecule has 0 atom stereocenters. The zero-order chi connectivity index (χ0) is 37.5. The van der Waals surface area contributed by atoms with E-state index in [1.54, 1.807) is 68.1 Å². The molecule has 0 unspecified atom stereocenters. The number of aryl methyl sites for hydroxylation is 1. The van der Waals surface area contributed by atoms with Gasteiger partial charge in [-0.25, -0.2) is 9.97 Å². The van der Waals surface area contributed by atoms with Crippen molar-refractivity contribution in [3.63, 3.8) is 0 Å². The summed E-state index contributed by atoms with van der Waals surface area (Å²) < 4.78 is 6.31. The van der Waals surface area contributed by atoms with Gasteiger partial charge in [0.1, 0.15) is 23.7 Å². The van der Waals surface area contributed by atoms with E-state index in [1.807, 2.05) is 19.1 Å². The Labute approximate surface area is 318 Å². The zero-order valence-corrected chi connectivity index (χ0v) is 31.2. The molecule has 3 aromatic heterocycles. The second kappa shape index (κ2) is 16.9. The van der Waals surface area contributed by atoms with E-state index in [1.165, 1.54) is 42.1 Å². The second-order valence-corrected chi connectivity index (χ2v) is 13.4. The number of pyridine rings is 3. The number of para-hydroxylation sites is 1. The highest BCUT2D eigenvalue weighted by molar-refractivity contribution is 6.38. The molecule has 2 aromatic carbocycles. The third-order valence-electron chi connectivity index (χ3n) is 8.96. The van der Waals surface area contributed by atoms with Crippen molar-refractivity contribution < 1.29 is 19.1 Å². The van der Waals surface area contributed by atoms with E-state index in [-0.39, 0.29) is 24.1 Å². The van der Waals surface area contributed by atoms with E-state index in [0.29, 0.717) is 39.1 Å². The number of fused-ring (bicyclic) bond motifs is 1. The summed E-state index contributed by atoms with van der Waals surface area (Å²) >= 11 is 13.4. The van der Waals surface area contributed by atoms with Crippen LogP contribution in [0.5, 0.6) is 5.75 Å². The number of nitrogens with zero attached hydrogens (tertiary/aromatic N) is 6. The monoisotopic (exact) mass is 751 g/mol. The van der Waals surface area contributed by atoms with E-state index < -0.39 is 11.8 Å². The summed E-state index contributed by atoms with van der Waals surface area (Å²) in [7, 11) is 1.58. The highest BCUT2D eigenvalue weighted by Gasteiger charge is 2.21. The molecule has 5 aromatic rings. The van der Waals surface area contributed by atoms with E-state index in [9.17, 15) is 14.4 Å². The van der Waals surface area contributed by atoms with Crippen LogP contribution in [0, 0.1) is 6.92 Å². The number of hydrogen-bond donors (Lipinski definition) is 1. The number of aromatic nitrogens is 3. The molecule has 1 N–H and O–H groups in total. The van der Waals surface area contributed by atoms with E-state index >= 15 is 0 Å². The van der Waals surface area contributed by atoms with E-state index in [2.05, 4.69) is 32.3 Å². The lowest BCUT2D eigenvalue weighted by atomic mass is 10.1. The van der Waals surface area contributed by atoms with Crippen LogP contribution in [0.25, 0.3) is 17.0 Å². The molecular weight excluding hydrogens is 713 g/mol. The Morgan fingerprint density at radius 1 is 1.00 bits per heavy atom. The Hall–Kier alpha value is -5.52. The van der Waals surface area contributed by atoms with Gasteiger partial charge in [-0.15, -0.1) is 0 Å². The van der Waals surface area contributed by atoms with Gasteiger partial charge < -0.3 is 19.9 Å². The molecule has 1 fully saturated rings. The van der Waals surface area contributed by atoms with Gasteiger partial charge in [0, 0.05) is 79.1 Å². The van der Waals surface area contributed by atoms with Crippen molar-refractivity contribution in [2.75, 3.05) is 41.4 Å². The SMILES string of the molecule is CC(=O)N(c1ccncc1)c1ccc(C=CC(=O)NCC(=O)N(C)c2ccc(Cl)c(COc3cccc4c(N5CCCCC5)cc(C)nc34)c2Cl)cn1. The highest BCUT2D eigenvalue weighted by atomic mass is 35.5. The Morgan fingerprint density at radius 2 is 1.77 bits per heavy atom. The predicted molar refractivity (Wildman–Crippen MR) is 210 cm³/mol. The maximum atomic E-state index is 13.2. The number of carbonyl (C=O) groups excluding carboxylic acids is 3. The number of ether oxygens (including phenoxy) is 1. The van der Waals surface area contributed by atoms with Crippen molar-refractivity contribution >= 4 is 80.8 Å². The lowest BCUT2D eigenvalue weighted by Crippen LogP contribution is -2.37. The molecule has 6 rings (SSSR count). The summed E-state index contributed by atoms with van der Waals surface area (Å²) in [5.74, 6) is -0.0423. The van der Waals surface area contributed by atoms with Gasteiger partial charge in [0.25, 0.3) is 0 Å². The number of amides is 3. The number of likely N-dealkylation sites (N-methyl/N-ethyl adjacent to an activating group) is 1. The summed E-state index contributed by atoms with van der Waals surface area (Å²) in [6.45, 7) is 5.23. The maximum Gasteiger partial charge on any atom is 0.246 e. The largest absolute Gasteiger partial charge is 0.487 e. The molecule has 1 saturated heterocycles. The average molecular weight is 753 g/mol. The molecule has 0 aliphatic carbocycles. The first-order chi connectivity index (χ1) is 25.6. The van der Waals surface area contributed by atoms with Crippen LogP contribution in [0.15, 0.2) is 85.3 Å². The van der Waals surface area contributed by atoms with Gasteiger partial charge in [-0.05, 0) is 86.4 Å². The number of halogens is 2. The fraction of sp³-hybridized carbons (Fsp3) is 0.250. The van der Waals surface area contributed by atoms with Crippen molar-refractivity contribution in [1.29, 1.82) is 0 Å². The zero-order valence-electron chi connectivity index (χ0n) is 29.7. The Kier molecular flexibility index (Phi) is 11.9. The van der Waals surface area contributed by atoms with Crippen molar-refractivity contribution in [2.24, 2.45) is 0 Å². The van der Waals surface area contributed by atoms with Crippen molar-refractivity contribution in [3.8, 4) is 5.75 Å². The van der Waals surface area contributed by atoms with Crippen LogP contribution >= 0.6 is 23.2 Å². The second-order valence-electron chi connectivity index (χ2n) is 12.6. The molecule has 13 heteroatoms.